The molecule has 0 aromatic heterocycles. The molecule has 1 aromatic carbocycles. The molecule has 2 rings (SSSR count). The molecule has 1 aromatic rings. The van der Waals surface area contributed by atoms with E-state index in [-0.39, 0.29) is 11.8 Å². The highest BCUT2D eigenvalue weighted by molar-refractivity contribution is 9.10. The fraction of sp³-hybridized carbons (Fsp3) is 0.364. The maximum Gasteiger partial charge on any atom is 0.241 e. The van der Waals surface area contributed by atoms with E-state index in [9.17, 15) is 4.79 Å². The Morgan fingerprint density at radius 3 is 3.00 bits per heavy atom. The van der Waals surface area contributed by atoms with Gasteiger partial charge in [-0.05, 0) is 30.5 Å². The van der Waals surface area contributed by atoms with Crippen LogP contribution in [0.1, 0.15) is 12.0 Å². The topological polar surface area (TPSA) is 46.3 Å². The Kier molecular flexibility index (Phi) is 3.40. The normalized spacial score (nSPS) is 14.8. The van der Waals surface area contributed by atoms with Crippen molar-refractivity contribution in [3.63, 3.8) is 0 Å². The van der Waals surface area contributed by atoms with Gasteiger partial charge >= 0.3 is 0 Å². The number of fused-ring (bicyclic) bond motifs is 1. The van der Waals surface area contributed by atoms with Gasteiger partial charge in [-0.15, -0.1) is 11.6 Å². The summed E-state index contributed by atoms with van der Waals surface area (Å²) in [4.78, 5) is 13.4. The van der Waals surface area contributed by atoms with E-state index in [0.29, 0.717) is 12.2 Å². The summed E-state index contributed by atoms with van der Waals surface area (Å²) in [6.07, 6.45) is 1.90. The fourth-order valence-corrected chi connectivity index (χ4v) is 2.73. The number of rotatable bonds is 1. The van der Waals surface area contributed by atoms with Crippen LogP contribution < -0.4 is 10.6 Å². The van der Waals surface area contributed by atoms with Crippen LogP contribution in [0, 0.1) is 0 Å². The first-order chi connectivity index (χ1) is 7.63. The van der Waals surface area contributed by atoms with Crippen molar-refractivity contribution in [1.29, 1.82) is 0 Å². The summed E-state index contributed by atoms with van der Waals surface area (Å²) in [5, 5.41) is 0. The van der Waals surface area contributed by atoms with Crippen LogP contribution in [0.4, 0.5) is 11.4 Å². The van der Waals surface area contributed by atoms with Gasteiger partial charge in [-0.2, -0.15) is 0 Å². The van der Waals surface area contributed by atoms with E-state index < -0.39 is 0 Å². The third-order valence-electron chi connectivity index (χ3n) is 2.70. The van der Waals surface area contributed by atoms with Gasteiger partial charge < -0.3 is 10.6 Å². The molecule has 0 atom stereocenters. The zero-order valence-electron chi connectivity index (χ0n) is 8.67. The molecule has 0 unspecified atom stereocenters. The number of nitrogens with zero attached hydrogens (tertiary/aromatic N) is 1. The predicted octanol–water partition coefficient (Wildman–Crippen LogP) is 2.55. The van der Waals surface area contributed by atoms with E-state index in [1.807, 2.05) is 12.1 Å². The minimum absolute atomic E-state index is 0.00502. The third-order valence-corrected chi connectivity index (χ3v) is 3.38. The largest absolute Gasteiger partial charge is 0.397 e. The zero-order chi connectivity index (χ0) is 11.7. The fourth-order valence-electron chi connectivity index (χ4n) is 2.06. The number of hydrogen-bond acceptors (Lipinski definition) is 2. The van der Waals surface area contributed by atoms with Crippen molar-refractivity contribution in [1.82, 2.24) is 0 Å². The highest BCUT2D eigenvalue weighted by atomic mass is 79.9. The van der Waals surface area contributed by atoms with Crippen LogP contribution in [0.3, 0.4) is 0 Å². The average Bonchev–Trinajstić information content (AvgIpc) is 2.26. The van der Waals surface area contributed by atoms with Gasteiger partial charge in [-0.25, -0.2) is 0 Å². The molecule has 1 heterocycles. The van der Waals surface area contributed by atoms with Crippen LogP contribution in [0.5, 0.6) is 0 Å². The number of benzene rings is 1. The second-order valence-corrected chi connectivity index (χ2v) is 4.97. The predicted molar refractivity (Wildman–Crippen MR) is 69.9 cm³/mol. The third kappa shape index (κ3) is 2.04. The number of nitrogens with two attached hydrogens (primary N) is 1. The number of anilines is 2. The van der Waals surface area contributed by atoms with E-state index in [2.05, 4.69) is 15.9 Å². The Morgan fingerprint density at radius 2 is 2.31 bits per heavy atom. The smallest absolute Gasteiger partial charge is 0.241 e. The second kappa shape index (κ2) is 4.63. The molecule has 0 radical (unpaired) electrons. The molecule has 0 aliphatic carbocycles. The van der Waals surface area contributed by atoms with Crippen molar-refractivity contribution >= 4 is 44.8 Å². The molecule has 2 N–H and O–H groups in total. The Labute approximate surface area is 108 Å². The van der Waals surface area contributed by atoms with Gasteiger partial charge in [0.05, 0.1) is 11.4 Å². The van der Waals surface area contributed by atoms with Crippen molar-refractivity contribution in [2.75, 3.05) is 23.1 Å². The van der Waals surface area contributed by atoms with Crippen molar-refractivity contribution in [2.45, 2.75) is 12.8 Å². The Bertz CT molecular complexity index is 436. The van der Waals surface area contributed by atoms with E-state index >= 15 is 0 Å². The molecule has 1 aliphatic heterocycles. The van der Waals surface area contributed by atoms with Gasteiger partial charge in [0, 0.05) is 11.0 Å². The summed E-state index contributed by atoms with van der Waals surface area (Å²) in [6.45, 7) is 0.699. The summed E-state index contributed by atoms with van der Waals surface area (Å²) >= 11 is 9.00. The second-order valence-electron chi connectivity index (χ2n) is 3.79. The highest BCUT2D eigenvalue weighted by Gasteiger charge is 2.24. The summed E-state index contributed by atoms with van der Waals surface area (Å²) in [7, 11) is 0. The number of nitrogen functional groups attached to an aromatic ring is 1. The number of hydrogen-bond donors (Lipinski definition) is 1. The van der Waals surface area contributed by atoms with E-state index in [1.54, 1.807) is 4.90 Å². The van der Waals surface area contributed by atoms with Gasteiger partial charge in [0.1, 0.15) is 5.88 Å². The van der Waals surface area contributed by atoms with E-state index in [1.165, 1.54) is 0 Å². The molecule has 0 fully saturated rings. The Hall–Kier alpha value is -0.740. The molecule has 1 aliphatic rings. The minimum Gasteiger partial charge on any atom is -0.397 e. The number of aryl methyl sites for hydroxylation is 1. The Balaban J connectivity index is 2.49. The first-order valence-corrected chi connectivity index (χ1v) is 6.40. The van der Waals surface area contributed by atoms with Crippen LogP contribution in [0.25, 0.3) is 0 Å². The average molecular weight is 304 g/mol. The van der Waals surface area contributed by atoms with Gasteiger partial charge in [0.25, 0.3) is 0 Å². The molecule has 5 heteroatoms. The summed E-state index contributed by atoms with van der Waals surface area (Å²) in [5.74, 6) is -0.0915. The van der Waals surface area contributed by atoms with Gasteiger partial charge in [-0.1, -0.05) is 15.9 Å². The lowest BCUT2D eigenvalue weighted by atomic mass is 10.0. The first-order valence-electron chi connectivity index (χ1n) is 5.07. The SMILES string of the molecule is Nc1cc(Br)cc2c1N(C(=O)CCl)CCC2. The maximum absolute atomic E-state index is 11.7. The molecule has 0 bridgehead atoms. The number of halogens is 2. The quantitative estimate of drug-likeness (QED) is 0.640. The molecule has 1 amide bonds. The van der Waals surface area contributed by atoms with Crippen molar-refractivity contribution < 1.29 is 4.79 Å². The molecule has 3 nitrogen and oxygen atoms in total. The molecule has 86 valence electrons. The summed E-state index contributed by atoms with van der Waals surface area (Å²) in [6, 6.07) is 3.83. The minimum atomic E-state index is -0.0864. The van der Waals surface area contributed by atoms with Crippen molar-refractivity contribution in [2.24, 2.45) is 0 Å². The lowest BCUT2D eigenvalue weighted by Crippen LogP contribution is -2.36. The number of alkyl halides is 1. The number of carbonyl (C=O) groups excluding carboxylic acids is 1. The maximum atomic E-state index is 11.7. The number of carbonyl (C=O) groups is 1. The molecule has 0 saturated heterocycles. The Morgan fingerprint density at radius 1 is 1.56 bits per heavy atom. The number of amides is 1. The zero-order valence-corrected chi connectivity index (χ0v) is 11.0. The lowest BCUT2D eigenvalue weighted by Gasteiger charge is -2.30. The van der Waals surface area contributed by atoms with Gasteiger partial charge in [0.2, 0.25) is 5.91 Å². The van der Waals surface area contributed by atoms with E-state index in [4.69, 9.17) is 17.3 Å². The van der Waals surface area contributed by atoms with Crippen molar-refractivity contribution in [3.05, 3.63) is 22.2 Å². The van der Waals surface area contributed by atoms with Crippen LogP contribution in [-0.4, -0.2) is 18.3 Å². The summed E-state index contributed by atoms with van der Waals surface area (Å²) in [5.41, 5.74) is 8.53. The van der Waals surface area contributed by atoms with Crippen LogP contribution in [0.15, 0.2) is 16.6 Å². The first kappa shape index (κ1) is 11.7. The van der Waals surface area contributed by atoms with Crippen LogP contribution in [0.2, 0.25) is 0 Å². The molecular formula is C11H12BrClN2O. The van der Waals surface area contributed by atoms with Crippen LogP contribution >= 0.6 is 27.5 Å². The summed E-state index contributed by atoms with van der Waals surface area (Å²) < 4.78 is 0.948. The molecule has 0 spiro atoms. The van der Waals surface area contributed by atoms with Crippen molar-refractivity contribution in [3.8, 4) is 0 Å². The highest BCUT2D eigenvalue weighted by Crippen LogP contribution is 2.35. The van der Waals surface area contributed by atoms with Crippen LogP contribution in [-0.2, 0) is 11.2 Å². The monoisotopic (exact) mass is 302 g/mol. The standard InChI is InChI=1S/C11H12BrClN2O/c12-8-4-7-2-1-3-15(10(16)6-13)11(7)9(14)5-8/h4-5H,1-3,6,14H2. The molecule has 16 heavy (non-hydrogen) atoms. The molecule has 0 saturated carbocycles. The van der Waals surface area contributed by atoms with Gasteiger partial charge in [-0.3, -0.25) is 4.79 Å². The van der Waals surface area contributed by atoms with Gasteiger partial charge in [0.15, 0.2) is 0 Å². The van der Waals surface area contributed by atoms with E-state index in [0.717, 1.165) is 28.6 Å². The lowest BCUT2D eigenvalue weighted by molar-refractivity contribution is -0.116. The molecular weight excluding hydrogens is 291 g/mol.